The summed E-state index contributed by atoms with van der Waals surface area (Å²) in [6.07, 6.45) is 0.299. The van der Waals surface area contributed by atoms with Crippen LogP contribution in [-0.2, 0) is 22.5 Å². The highest BCUT2D eigenvalue weighted by molar-refractivity contribution is 9.10. The second-order valence-corrected chi connectivity index (χ2v) is 5.69. The van der Waals surface area contributed by atoms with Crippen LogP contribution < -0.4 is 5.32 Å². The van der Waals surface area contributed by atoms with Crippen LogP contribution in [0.4, 0.5) is 5.69 Å². The predicted octanol–water partition coefficient (Wildman–Crippen LogP) is 4.09. The molecule has 0 aromatic heterocycles. The maximum absolute atomic E-state index is 11.4. The SMILES string of the molecule is COC(=O)Cc1ccccc1CNc1ccc(Br)c(C)c1. The zero-order chi connectivity index (χ0) is 15.2. The molecule has 0 bridgehead atoms. The summed E-state index contributed by atoms with van der Waals surface area (Å²) >= 11 is 3.49. The average molecular weight is 348 g/mol. The number of nitrogens with one attached hydrogen (secondary N) is 1. The van der Waals surface area contributed by atoms with Gasteiger partial charge in [0.05, 0.1) is 13.5 Å². The molecule has 0 aliphatic rings. The second-order valence-electron chi connectivity index (χ2n) is 4.84. The third kappa shape index (κ3) is 4.33. The van der Waals surface area contributed by atoms with Crippen LogP contribution >= 0.6 is 15.9 Å². The van der Waals surface area contributed by atoms with Crippen LogP contribution in [0.2, 0.25) is 0 Å². The topological polar surface area (TPSA) is 38.3 Å². The summed E-state index contributed by atoms with van der Waals surface area (Å²) in [4.78, 5) is 11.4. The Balaban J connectivity index is 2.09. The van der Waals surface area contributed by atoms with Gasteiger partial charge in [-0.05, 0) is 41.8 Å². The lowest BCUT2D eigenvalue weighted by atomic mass is 10.0. The van der Waals surface area contributed by atoms with E-state index in [4.69, 9.17) is 4.74 Å². The van der Waals surface area contributed by atoms with Crippen molar-refractivity contribution in [1.29, 1.82) is 0 Å². The molecule has 0 atom stereocenters. The van der Waals surface area contributed by atoms with Crippen molar-refractivity contribution in [2.24, 2.45) is 0 Å². The molecule has 1 N–H and O–H groups in total. The van der Waals surface area contributed by atoms with E-state index in [0.717, 1.165) is 21.3 Å². The van der Waals surface area contributed by atoms with E-state index in [1.54, 1.807) is 0 Å². The molecule has 0 spiro atoms. The standard InChI is InChI=1S/C17H18BrNO2/c1-12-9-15(7-8-16(12)18)19-11-14-6-4-3-5-13(14)10-17(20)21-2/h3-9,19H,10-11H2,1-2H3. The van der Waals surface area contributed by atoms with Crippen LogP contribution in [0.25, 0.3) is 0 Å². The van der Waals surface area contributed by atoms with Crippen molar-refractivity contribution in [3.8, 4) is 0 Å². The van der Waals surface area contributed by atoms with Gasteiger partial charge in [-0.3, -0.25) is 4.79 Å². The first kappa shape index (κ1) is 15.6. The Labute approximate surface area is 133 Å². The Bertz CT molecular complexity index is 640. The van der Waals surface area contributed by atoms with E-state index in [-0.39, 0.29) is 5.97 Å². The first-order chi connectivity index (χ1) is 10.1. The molecule has 0 aliphatic carbocycles. The minimum absolute atomic E-state index is 0.220. The maximum atomic E-state index is 11.4. The minimum atomic E-state index is -0.220. The zero-order valence-corrected chi connectivity index (χ0v) is 13.7. The summed E-state index contributed by atoms with van der Waals surface area (Å²) in [6, 6.07) is 14.0. The van der Waals surface area contributed by atoms with E-state index >= 15 is 0 Å². The Hall–Kier alpha value is -1.81. The molecule has 0 aliphatic heterocycles. The number of hydrogen-bond donors (Lipinski definition) is 1. The number of aryl methyl sites for hydroxylation is 1. The molecule has 0 saturated heterocycles. The molecule has 2 rings (SSSR count). The molecule has 0 heterocycles. The fourth-order valence-corrected chi connectivity index (χ4v) is 2.33. The summed E-state index contributed by atoms with van der Waals surface area (Å²) in [5.41, 5.74) is 4.33. The van der Waals surface area contributed by atoms with Crippen molar-refractivity contribution in [1.82, 2.24) is 0 Å². The van der Waals surface area contributed by atoms with Crippen molar-refractivity contribution < 1.29 is 9.53 Å². The average Bonchev–Trinajstić information content (AvgIpc) is 2.49. The van der Waals surface area contributed by atoms with Crippen LogP contribution in [-0.4, -0.2) is 13.1 Å². The fourth-order valence-electron chi connectivity index (χ4n) is 2.08. The number of benzene rings is 2. The smallest absolute Gasteiger partial charge is 0.309 e. The second kappa shape index (κ2) is 7.27. The van der Waals surface area contributed by atoms with E-state index in [1.165, 1.54) is 12.7 Å². The van der Waals surface area contributed by atoms with E-state index in [0.29, 0.717) is 13.0 Å². The van der Waals surface area contributed by atoms with Crippen molar-refractivity contribution in [3.63, 3.8) is 0 Å². The van der Waals surface area contributed by atoms with Crippen LogP contribution in [0.5, 0.6) is 0 Å². The molecular formula is C17H18BrNO2. The van der Waals surface area contributed by atoms with E-state index < -0.39 is 0 Å². The lowest BCUT2D eigenvalue weighted by Crippen LogP contribution is -2.09. The van der Waals surface area contributed by atoms with E-state index in [1.807, 2.05) is 36.4 Å². The number of halogens is 1. The maximum Gasteiger partial charge on any atom is 0.309 e. The van der Waals surface area contributed by atoms with Gasteiger partial charge in [0, 0.05) is 16.7 Å². The van der Waals surface area contributed by atoms with Crippen LogP contribution in [0.15, 0.2) is 46.9 Å². The first-order valence-electron chi connectivity index (χ1n) is 6.74. The Morgan fingerprint density at radius 2 is 1.90 bits per heavy atom. The summed E-state index contributed by atoms with van der Waals surface area (Å²) in [6.45, 7) is 2.73. The van der Waals surface area contributed by atoms with Gasteiger partial charge >= 0.3 is 5.97 Å². The molecule has 0 amide bonds. The van der Waals surface area contributed by atoms with Gasteiger partial charge in [-0.2, -0.15) is 0 Å². The van der Waals surface area contributed by atoms with Gasteiger partial charge in [0.2, 0.25) is 0 Å². The van der Waals surface area contributed by atoms with Gasteiger partial charge in [0.15, 0.2) is 0 Å². The van der Waals surface area contributed by atoms with Crippen LogP contribution in [0.3, 0.4) is 0 Å². The van der Waals surface area contributed by atoms with Crippen molar-refractivity contribution in [3.05, 3.63) is 63.6 Å². The molecule has 0 fully saturated rings. The molecule has 0 unspecified atom stereocenters. The zero-order valence-electron chi connectivity index (χ0n) is 12.2. The largest absolute Gasteiger partial charge is 0.469 e. The summed E-state index contributed by atoms with van der Waals surface area (Å²) in [5, 5.41) is 3.39. The number of hydrogen-bond acceptors (Lipinski definition) is 3. The molecule has 21 heavy (non-hydrogen) atoms. The van der Waals surface area contributed by atoms with Crippen molar-refractivity contribution in [2.75, 3.05) is 12.4 Å². The predicted molar refractivity (Wildman–Crippen MR) is 88.4 cm³/mol. The Kier molecular flexibility index (Phi) is 5.39. The lowest BCUT2D eigenvalue weighted by molar-refractivity contribution is -0.139. The summed E-state index contributed by atoms with van der Waals surface area (Å²) < 4.78 is 5.83. The van der Waals surface area contributed by atoms with Crippen molar-refractivity contribution in [2.45, 2.75) is 19.9 Å². The number of carbonyl (C=O) groups is 1. The minimum Gasteiger partial charge on any atom is -0.469 e. The number of rotatable bonds is 5. The monoisotopic (exact) mass is 347 g/mol. The third-order valence-electron chi connectivity index (χ3n) is 3.32. The van der Waals surface area contributed by atoms with Gasteiger partial charge in [-0.1, -0.05) is 40.2 Å². The molecule has 0 saturated carbocycles. The summed E-state index contributed by atoms with van der Waals surface area (Å²) in [5.74, 6) is -0.220. The highest BCUT2D eigenvalue weighted by atomic mass is 79.9. The Morgan fingerprint density at radius 3 is 2.57 bits per heavy atom. The van der Waals surface area contributed by atoms with Crippen LogP contribution in [0.1, 0.15) is 16.7 Å². The van der Waals surface area contributed by atoms with Gasteiger partial charge in [0.25, 0.3) is 0 Å². The quantitative estimate of drug-likeness (QED) is 0.828. The van der Waals surface area contributed by atoms with Gasteiger partial charge < -0.3 is 10.1 Å². The molecular weight excluding hydrogens is 330 g/mol. The normalized spacial score (nSPS) is 10.2. The van der Waals surface area contributed by atoms with E-state index in [2.05, 4.69) is 34.2 Å². The molecule has 2 aromatic carbocycles. The number of methoxy groups -OCH3 is 1. The van der Waals surface area contributed by atoms with Gasteiger partial charge in [-0.15, -0.1) is 0 Å². The number of esters is 1. The fraction of sp³-hybridized carbons (Fsp3) is 0.235. The first-order valence-corrected chi connectivity index (χ1v) is 7.53. The highest BCUT2D eigenvalue weighted by Crippen LogP contribution is 2.21. The number of ether oxygens (including phenoxy) is 1. The van der Waals surface area contributed by atoms with Crippen molar-refractivity contribution >= 4 is 27.6 Å². The summed E-state index contributed by atoms with van der Waals surface area (Å²) in [7, 11) is 1.41. The molecule has 4 heteroatoms. The molecule has 2 aromatic rings. The Morgan fingerprint density at radius 1 is 1.19 bits per heavy atom. The van der Waals surface area contributed by atoms with Gasteiger partial charge in [0.1, 0.15) is 0 Å². The molecule has 3 nitrogen and oxygen atoms in total. The van der Waals surface area contributed by atoms with Crippen LogP contribution in [0, 0.1) is 6.92 Å². The van der Waals surface area contributed by atoms with E-state index in [9.17, 15) is 4.79 Å². The molecule has 0 radical (unpaired) electrons. The number of carbonyl (C=O) groups excluding carboxylic acids is 1. The number of anilines is 1. The molecule has 110 valence electrons. The third-order valence-corrected chi connectivity index (χ3v) is 4.21. The van der Waals surface area contributed by atoms with Gasteiger partial charge in [-0.25, -0.2) is 0 Å². The highest BCUT2D eigenvalue weighted by Gasteiger charge is 2.07. The lowest BCUT2D eigenvalue weighted by Gasteiger charge is -2.12.